The van der Waals surface area contributed by atoms with Gasteiger partial charge in [-0.1, -0.05) is 13.8 Å². The number of aromatic nitrogens is 3. The van der Waals surface area contributed by atoms with Gasteiger partial charge in [-0.25, -0.2) is 9.97 Å². The van der Waals surface area contributed by atoms with E-state index in [-0.39, 0.29) is 30.2 Å². The molecular weight excluding hydrogens is 321 g/mol. The van der Waals surface area contributed by atoms with Crippen LogP contribution >= 0.6 is 0 Å². The molecule has 0 radical (unpaired) electrons. The number of aliphatic hydroxyl groups is 1. The minimum Gasteiger partial charge on any atom is -0.394 e. The van der Waals surface area contributed by atoms with Crippen LogP contribution in [0.15, 0.2) is 30.6 Å². The van der Waals surface area contributed by atoms with Gasteiger partial charge in [-0.2, -0.15) is 13.2 Å². The number of nitrogens with one attached hydrogen (secondary N) is 1. The first-order chi connectivity index (χ1) is 11.3. The molecule has 2 aromatic heterocycles. The summed E-state index contributed by atoms with van der Waals surface area (Å²) in [5, 5.41) is 12.3. The second-order valence-electron chi connectivity index (χ2n) is 5.85. The Kier molecular flexibility index (Phi) is 5.71. The number of pyridine rings is 1. The van der Waals surface area contributed by atoms with Crippen LogP contribution < -0.4 is 5.32 Å². The van der Waals surface area contributed by atoms with Crippen molar-refractivity contribution in [2.45, 2.75) is 32.5 Å². The number of alkyl halides is 3. The predicted octanol–water partition coefficient (Wildman–Crippen LogP) is 3.38. The number of halogens is 3. The van der Waals surface area contributed by atoms with E-state index in [0.717, 1.165) is 6.07 Å². The van der Waals surface area contributed by atoms with Crippen LogP contribution in [-0.2, 0) is 6.18 Å². The second kappa shape index (κ2) is 7.57. The summed E-state index contributed by atoms with van der Waals surface area (Å²) in [6, 6.07) is 3.55. The lowest BCUT2D eigenvalue weighted by Crippen LogP contribution is -2.26. The minimum atomic E-state index is -4.59. The van der Waals surface area contributed by atoms with E-state index >= 15 is 0 Å². The summed E-state index contributed by atoms with van der Waals surface area (Å²) in [7, 11) is 0. The highest BCUT2D eigenvalue weighted by Crippen LogP contribution is 2.31. The fourth-order valence-corrected chi connectivity index (χ4v) is 2.25. The molecule has 5 nitrogen and oxygen atoms in total. The first kappa shape index (κ1) is 18.1. The van der Waals surface area contributed by atoms with Crippen molar-refractivity contribution in [1.29, 1.82) is 0 Å². The molecular formula is C16H19F3N4O. The summed E-state index contributed by atoms with van der Waals surface area (Å²) in [4.78, 5) is 11.6. The van der Waals surface area contributed by atoms with Gasteiger partial charge < -0.3 is 10.4 Å². The lowest BCUT2D eigenvalue weighted by atomic mass is 10.0. The standard InChI is InChI=1S/C16H19F3N4O/c1-10(2)7-12(9-24)21-14-8-13(16(17,18)19)22-15(23-14)11-3-5-20-6-4-11/h3-6,8,10,12,24H,7,9H2,1-2H3,(H,21,22,23). The zero-order valence-electron chi connectivity index (χ0n) is 13.4. The van der Waals surface area contributed by atoms with E-state index in [2.05, 4.69) is 20.3 Å². The van der Waals surface area contributed by atoms with Crippen molar-refractivity contribution in [3.63, 3.8) is 0 Å². The van der Waals surface area contributed by atoms with Gasteiger partial charge in [0.1, 0.15) is 5.82 Å². The van der Waals surface area contributed by atoms with Crippen LogP contribution in [0.1, 0.15) is 26.0 Å². The van der Waals surface area contributed by atoms with Crippen molar-refractivity contribution >= 4 is 5.82 Å². The fourth-order valence-electron chi connectivity index (χ4n) is 2.25. The summed E-state index contributed by atoms with van der Waals surface area (Å²) >= 11 is 0. The zero-order valence-corrected chi connectivity index (χ0v) is 13.4. The van der Waals surface area contributed by atoms with Gasteiger partial charge in [-0.05, 0) is 24.5 Å². The highest BCUT2D eigenvalue weighted by atomic mass is 19.4. The quantitative estimate of drug-likeness (QED) is 0.844. The van der Waals surface area contributed by atoms with Crippen LogP contribution in [0, 0.1) is 5.92 Å². The third kappa shape index (κ3) is 4.89. The fraction of sp³-hybridized carbons (Fsp3) is 0.438. The molecule has 0 aromatic carbocycles. The van der Waals surface area contributed by atoms with Gasteiger partial charge >= 0.3 is 6.18 Å². The Morgan fingerprint density at radius 2 is 1.83 bits per heavy atom. The van der Waals surface area contributed by atoms with E-state index in [9.17, 15) is 18.3 Å². The molecule has 0 aliphatic heterocycles. The van der Waals surface area contributed by atoms with E-state index in [4.69, 9.17) is 0 Å². The Morgan fingerprint density at radius 1 is 1.17 bits per heavy atom. The average Bonchev–Trinajstić information content (AvgIpc) is 2.53. The summed E-state index contributed by atoms with van der Waals surface area (Å²) in [6.07, 6.45) is -1.07. The monoisotopic (exact) mass is 340 g/mol. The number of aliphatic hydroxyl groups excluding tert-OH is 1. The smallest absolute Gasteiger partial charge is 0.394 e. The van der Waals surface area contributed by atoms with Gasteiger partial charge in [0, 0.05) is 24.0 Å². The molecule has 1 atom stereocenters. The van der Waals surface area contributed by atoms with Gasteiger partial charge in [-0.15, -0.1) is 0 Å². The molecule has 24 heavy (non-hydrogen) atoms. The van der Waals surface area contributed by atoms with Gasteiger partial charge in [0.25, 0.3) is 0 Å². The summed E-state index contributed by atoms with van der Waals surface area (Å²) in [6.45, 7) is 3.73. The van der Waals surface area contributed by atoms with Crippen molar-refractivity contribution in [2.75, 3.05) is 11.9 Å². The lowest BCUT2D eigenvalue weighted by Gasteiger charge is -2.20. The van der Waals surface area contributed by atoms with Crippen molar-refractivity contribution in [2.24, 2.45) is 5.92 Å². The Bertz CT molecular complexity index is 662. The Hall–Kier alpha value is -2.22. The molecule has 0 aliphatic carbocycles. The van der Waals surface area contributed by atoms with Gasteiger partial charge in [-0.3, -0.25) is 4.98 Å². The second-order valence-corrected chi connectivity index (χ2v) is 5.85. The molecule has 1 unspecified atom stereocenters. The normalized spacial score (nSPS) is 13.1. The number of hydrogen-bond donors (Lipinski definition) is 2. The van der Waals surface area contributed by atoms with Crippen molar-refractivity contribution in [3.8, 4) is 11.4 Å². The van der Waals surface area contributed by atoms with Crippen LogP contribution in [0.3, 0.4) is 0 Å². The molecule has 0 amide bonds. The number of anilines is 1. The largest absolute Gasteiger partial charge is 0.433 e. The van der Waals surface area contributed by atoms with E-state index in [1.54, 1.807) is 0 Å². The topological polar surface area (TPSA) is 70.9 Å². The molecule has 130 valence electrons. The molecule has 2 aromatic rings. The third-order valence-electron chi connectivity index (χ3n) is 3.28. The molecule has 0 fully saturated rings. The van der Waals surface area contributed by atoms with E-state index < -0.39 is 11.9 Å². The van der Waals surface area contributed by atoms with Crippen LogP contribution in [-0.4, -0.2) is 32.7 Å². The average molecular weight is 340 g/mol. The Morgan fingerprint density at radius 3 is 2.38 bits per heavy atom. The van der Waals surface area contributed by atoms with Gasteiger partial charge in [0.2, 0.25) is 0 Å². The molecule has 2 rings (SSSR count). The molecule has 0 spiro atoms. The Balaban J connectivity index is 2.40. The van der Waals surface area contributed by atoms with Crippen LogP contribution in [0.5, 0.6) is 0 Å². The summed E-state index contributed by atoms with van der Waals surface area (Å²) < 4.78 is 39.3. The van der Waals surface area contributed by atoms with E-state index in [0.29, 0.717) is 12.0 Å². The number of rotatable bonds is 6. The lowest BCUT2D eigenvalue weighted by molar-refractivity contribution is -0.141. The predicted molar refractivity (Wildman–Crippen MR) is 84.2 cm³/mol. The summed E-state index contributed by atoms with van der Waals surface area (Å²) in [5.74, 6) is 0.262. The molecule has 2 N–H and O–H groups in total. The van der Waals surface area contributed by atoms with Gasteiger partial charge in [0.05, 0.1) is 12.6 Å². The molecule has 8 heteroatoms. The Labute approximate surface area is 138 Å². The van der Waals surface area contributed by atoms with Crippen LogP contribution in [0.25, 0.3) is 11.4 Å². The number of hydrogen-bond acceptors (Lipinski definition) is 5. The number of nitrogens with zero attached hydrogens (tertiary/aromatic N) is 3. The third-order valence-corrected chi connectivity index (χ3v) is 3.28. The van der Waals surface area contributed by atoms with Crippen LogP contribution in [0.4, 0.5) is 19.0 Å². The van der Waals surface area contributed by atoms with Crippen LogP contribution in [0.2, 0.25) is 0 Å². The molecule has 2 heterocycles. The van der Waals surface area contributed by atoms with Gasteiger partial charge in [0.15, 0.2) is 11.5 Å². The molecule has 0 aliphatic rings. The molecule has 0 saturated heterocycles. The maximum absolute atomic E-state index is 13.1. The van der Waals surface area contributed by atoms with Crippen molar-refractivity contribution in [3.05, 3.63) is 36.3 Å². The maximum Gasteiger partial charge on any atom is 0.433 e. The minimum absolute atomic E-state index is 0.0313. The highest BCUT2D eigenvalue weighted by Gasteiger charge is 2.34. The first-order valence-corrected chi connectivity index (χ1v) is 7.53. The maximum atomic E-state index is 13.1. The first-order valence-electron chi connectivity index (χ1n) is 7.53. The van der Waals surface area contributed by atoms with E-state index in [1.165, 1.54) is 24.5 Å². The highest BCUT2D eigenvalue weighted by molar-refractivity contribution is 5.57. The van der Waals surface area contributed by atoms with Crippen molar-refractivity contribution in [1.82, 2.24) is 15.0 Å². The molecule has 0 saturated carbocycles. The van der Waals surface area contributed by atoms with E-state index in [1.807, 2.05) is 13.8 Å². The SMILES string of the molecule is CC(C)CC(CO)Nc1cc(C(F)(F)F)nc(-c2ccncc2)n1. The van der Waals surface area contributed by atoms with Crippen molar-refractivity contribution < 1.29 is 18.3 Å². The summed E-state index contributed by atoms with van der Waals surface area (Å²) in [5.41, 5.74) is -0.600. The molecule has 0 bridgehead atoms. The zero-order chi connectivity index (χ0) is 17.7.